The summed E-state index contributed by atoms with van der Waals surface area (Å²) < 4.78 is 0. The first-order valence-electron chi connectivity index (χ1n) is 8.39. The molecule has 1 aromatic carbocycles. The van der Waals surface area contributed by atoms with Crippen LogP contribution in [0.15, 0.2) is 35.2 Å². The van der Waals surface area contributed by atoms with Gasteiger partial charge in [-0.2, -0.15) is 0 Å². The Kier molecular flexibility index (Phi) is 7.26. The minimum Gasteiger partial charge on any atom is -0.342 e. The second-order valence-corrected chi connectivity index (χ2v) is 7.26. The summed E-state index contributed by atoms with van der Waals surface area (Å²) in [6, 6.07) is 10.3. The van der Waals surface area contributed by atoms with Crippen LogP contribution in [0.3, 0.4) is 0 Å². The molecule has 1 saturated heterocycles. The van der Waals surface area contributed by atoms with Gasteiger partial charge in [0.25, 0.3) is 0 Å². The maximum Gasteiger partial charge on any atom is 0.236 e. The third-order valence-electron chi connectivity index (χ3n) is 4.40. The number of thioether (sulfide) groups is 1. The standard InChI is InChI=1S/C18H28N2OS/c1-3-17(22-16-7-5-4-6-8-16)18(21)20-13-10-15(11-14-20)9-12-19-2/h4-8,15,17,19H,3,9-14H2,1-2H3. The van der Waals surface area contributed by atoms with Gasteiger partial charge in [0.15, 0.2) is 0 Å². The van der Waals surface area contributed by atoms with Gasteiger partial charge in [-0.15, -0.1) is 11.8 Å². The second-order valence-electron chi connectivity index (χ2n) is 5.99. The molecule has 1 aliphatic heterocycles. The molecule has 1 fully saturated rings. The molecule has 0 radical (unpaired) electrons. The molecule has 0 aromatic heterocycles. The first-order chi connectivity index (χ1) is 10.7. The molecule has 1 unspecified atom stereocenters. The Morgan fingerprint density at radius 3 is 2.59 bits per heavy atom. The van der Waals surface area contributed by atoms with Gasteiger partial charge in [0.2, 0.25) is 5.91 Å². The molecule has 1 amide bonds. The van der Waals surface area contributed by atoms with Gasteiger partial charge in [-0.1, -0.05) is 25.1 Å². The highest BCUT2D eigenvalue weighted by Gasteiger charge is 2.27. The number of benzene rings is 1. The van der Waals surface area contributed by atoms with Crippen LogP contribution in [0, 0.1) is 5.92 Å². The minimum absolute atomic E-state index is 0.0521. The van der Waals surface area contributed by atoms with Crippen LogP contribution in [0.25, 0.3) is 0 Å². The molecule has 1 N–H and O–H groups in total. The molecular formula is C18H28N2OS. The van der Waals surface area contributed by atoms with Crippen LogP contribution >= 0.6 is 11.8 Å². The van der Waals surface area contributed by atoms with E-state index in [1.807, 2.05) is 25.2 Å². The fourth-order valence-corrected chi connectivity index (χ4v) is 4.03. The largest absolute Gasteiger partial charge is 0.342 e. The van der Waals surface area contributed by atoms with Crippen molar-refractivity contribution in [1.82, 2.24) is 10.2 Å². The van der Waals surface area contributed by atoms with E-state index in [2.05, 4.69) is 29.3 Å². The number of rotatable bonds is 7. The van der Waals surface area contributed by atoms with Crippen molar-refractivity contribution < 1.29 is 4.79 Å². The van der Waals surface area contributed by atoms with Crippen LogP contribution < -0.4 is 5.32 Å². The molecular weight excluding hydrogens is 292 g/mol. The molecule has 3 nitrogen and oxygen atoms in total. The topological polar surface area (TPSA) is 32.3 Å². The summed E-state index contributed by atoms with van der Waals surface area (Å²) in [5.41, 5.74) is 0. The lowest BCUT2D eigenvalue weighted by Gasteiger charge is -2.34. The Hall–Kier alpha value is -1.00. The van der Waals surface area contributed by atoms with Gasteiger partial charge in [0.05, 0.1) is 5.25 Å². The molecule has 0 bridgehead atoms. The molecule has 1 aliphatic rings. The average Bonchev–Trinajstić information content (AvgIpc) is 2.58. The van der Waals surface area contributed by atoms with Crippen molar-refractivity contribution in [2.45, 2.75) is 42.8 Å². The zero-order valence-electron chi connectivity index (χ0n) is 13.8. The lowest BCUT2D eigenvalue weighted by molar-refractivity contribution is -0.132. The molecule has 0 saturated carbocycles. The van der Waals surface area contributed by atoms with Crippen molar-refractivity contribution in [3.63, 3.8) is 0 Å². The molecule has 4 heteroatoms. The molecule has 1 atom stereocenters. The highest BCUT2D eigenvalue weighted by Crippen LogP contribution is 2.28. The number of amides is 1. The molecule has 1 aromatic rings. The van der Waals surface area contributed by atoms with E-state index in [1.165, 1.54) is 11.3 Å². The maximum absolute atomic E-state index is 12.7. The molecule has 2 rings (SSSR count). The van der Waals surface area contributed by atoms with E-state index in [4.69, 9.17) is 0 Å². The summed E-state index contributed by atoms with van der Waals surface area (Å²) in [7, 11) is 2.01. The van der Waals surface area contributed by atoms with E-state index in [0.29, 0.717) is 5.91 Å². The van der Waals surface area contributed by atoms with E-state index in [9.17, 15) is 4.79 Å². The fraction of sp³-hybridized carbons (Fsp3) is 0.611. The normalized spacial score (nSPS) is 17.5. The first-order valence-corrected chi connectivity index (χ1v) is 9.27. The Morgan fingerprint density at radius 1 is 1.32 bits per heavy atom. The molecule has 22 heavy (non-hydrogen) atoms. The Labute approximate surface area is 138 Å². The van der Waals surface area contributed by atoms with Gasteiger partial charge in [0, 0.05) is 18.0 Å². The predicted molar refractivity (Wildman–Crippen MR) is 94.2 cm³/mol. The van der Waals surface area contributed by atoms with Gasteiger partial charge >= 0.3 is 0 Å². The smallest absolute Gasteiger partial charge is 0.236 e. The van der Waals surface area contributed by atoms with E-state index in [0.717, 1.165) is 44.8 Å². The van der Waals surface area contributed by atoms with Crippen LogP contribution in [0.5, 0.6) is 0 Å². The highest BCUT2D eigenvalue weighted by molar-refractivity contribution is 8.00. The number of piperidine rings is 1. The van der Waals surface area contributed by atoms with Crippen LogP contribution in [-0.2, 0) is 4.79 Å². The van der Waals surface area contributed by atoms with Gasteiger partial charge in [-0.25, -0.2) is 0 Å². The molecule has 1 heterocycles. The SMILES string of the molecule is CCC(Sc1ccccc1)C(=O)N1CCC(CCNC)CC1. The van der Waals surface area contributed by atoms with E-state index in [-0.39, 0.29) is 5.25 Å². The van der Waals surface area contributed by atoms with Crippen molar-refractivity contribution in [1.29, 1.82) is 0 Å². The Balaban J connectivity index is 1.84. The van der Waals surface area contributed by atoms with Crippen LogP contribution in [0.2, 0.25) is 0 Å². The zero-order chi connectivity index (χ0) is 15.8. The summed E-state index contributed by atoms with van der Waals surface area (Å²) in [5.74, 6) is 1.10. The Morgan fingerprint density at radius 2 is 2.00 bits per heavy atom. The number of hydrogen-bond acceptors (Lipinski definition) is 3. The van der Waals surface area contributed by atoms with Gasteiger partial charge in [-0.3, -0.25) is 4.79 Å². The van der Waals surface area contributed by atoms with E-state index < -0.39 is 0 Å². The van der Waals surface area contributed by atoms with Crippen molar-refractivity contribution >= 4 is 17.7 Å². The van der Waals surface area contributed by atoms with E-state index >= 15 is 0 Å². The zero-order valence-corrected chi connectivity index (χ0v) is 14.6. The van der Waals surface area contributed by atoms with Crippen molar-refractivity contribution in [2.24, 2.45) is 5.92 Å². The van der Waals surface area contributed by atoms with Crippen LogP contribution in [-0.4, -0.2) is 42.7 Å². The predicted octanol–water partition coefficient (Wildman–Crippen LogP) is 3.41. The minimum atomic E-state index is 0.0521. The lowest BCUT2D eigenvalue weighted by Crippen LogP contribution is -2.43. The summed E-state index contributed by atoms with van der Waals surface area (Å²) in [6.07, 6.45) is 4.42. The van der Waals surface area contributed by atoms with Crippen molar-refractivity contribution in [2.75, 3.05) is 26.7 Å². The number of likely N-dealkylation sites (tertiary alicyclic amines) is 1. The third kappa shape index (κ3) is 5.03. The van der Waals surface area contributed by atoms with Crippen molar-refractivity contribution in [3.8, 4) is 0 Å². The third-order valence-corrected chi connectivity index (χ3v) is 5.76. The number of nitrogens with one attached hydrogen (secondary N) is 1. The number of carbonyl (C=O) groups is 1. The van der Waals surface area contributed by atoms with Crippen molar-refractivity contribution in [3.05, 3.63) is 30.3 Å². The summed E-state index contributed by atoms with van der Waals surface area (Å²) in [5, 5.41) is 3.27. The average molecular weight is 321 g/mol. The molecule has 0 spiro atoms. The van der Waals surface area contributed by atoms with Crippen LogP contribution in [0.1, 0.15) is 32.6 Å². The molecule has 122 valence electrons. The number of nitrogens with zero attached hydrogens (tertiary/aromatic N) is 1. The van der Waals surface area contributed by atoms with Gasteiger partial charge < -0.3 is 10.2 Å². The highest BCUT2D eigenvalue weighted by atomic mass is 32.2. The maximum atomic E-state index is 12.7. The second kappa shape index (κ2) is 9.21. The summed E-state index contributed by atoms with van der Waals surface area (Å²) >= 11 is 1.70. The monoisotopic (exact) mass is 320 g/mol. The number of hydrogen-bond donors (Lipinski definition) is 1. The first kappa shape index (κ1) is 17.4. The van der Waals surface area contributed by atoms with Gasteiger partial charge in [-0.05, 0) is 57.3 Å². The van der Waals surface area contributed by atoms with Gasteiger partial charge in [0.1, 0.15) is 0 Å². The fourth-order valence-electron chi connectivity index (χ4n) is 2.97. The lowest BCUT2D eigenvalue weighted by atomic mass is 9.93. The quantitative estimate of drug-likeness (QED) is 0.782. The summed E-state index contributed by atoms with van der Waals surface area (Å²) in [4.78, 5) is 16.0. The summed E-state index contributed by atoms with van der Waals surface area (Å²) in [6.45, 7) is 5.05. The molecule has 0 aliphatic carbocycles. The van der Waals surface area contributed by atoms with Crippen LogP contribution in [0.4, 0.5) is 0 Å². The Bertz CT molecular complexity index is 444. The van der Waals surface area contributed by atoms with E-state index in [1.54, 1.807) is 11.8 Å². The number of carbonyl (C=O) groups excluding carboxylic acids is 1.